The standard InChI is InChI=1S/2C16H36N.C6BF5O2/c2*1-5-9-13-17(14-10-6-2,15-11-7-3)16-12-8-4;8-2-1(7(13)14)3(9)5(11)6(12)4(2)10/h2*5-16H2,1-4H3;/q2*+1;-2. The van der Waals surface area contributed by atoms with Crippen molar-refractivity contribution in [3.05, 3.63) is 29.1 Å². The second kappa shape index (κ2) is 29.5. The van der Waals surface area contributed by atoms with Crippen molar-refractivity contribution in [2.75, 3.05) is 52.4 Å². The van der Waals surface area contributed by atoms with Crippen molar-refractivity contribution in [3.63, 3.8) is 0 Å². The number of hydrogen-bond acceptors (Lipinski definition) is 2. The molecular formula is C38H72BF5N2O2. The zero-order valence-electron chi connectivity index (χ0n) is 32.1. The fourth-order valence-corrected chi connectivity index (χ4v) is 6.12. The van der Waals surface area contributed by atoms with E-state index in [0.717, 1.165) is 0 Å². The summed E-state index contributed by atoms with van der Waals surface area (Å²) in [5, 5.41) is 20.2. The molecule has 1 aromatic carbocycles. The van der Waals surface area contributed by atoms with Crippen LogP contribution in [0.15, 0.2) is 0 Å². The molecule has 0 atom stereocenters. The number of rotatable bonds is 25. The van der Waals surface area contributed by atoms with Crippen molar-refractivity contribution in [2.45, 2.75) is 158 Å². The summed E-state index contributed by atoms with van der Waals surface area (Å²) in [4.78, 5) is 0. The Kier molecular flexibility index (Phi) is 30.0. The zero-order chi connectivity index (χ0) is 37.0. The van der Waals surface area contributed by atoms with E-state index >= 15 is 0 Å². The number of unbranched alkanes of at least 4 members (excludes halogenated alkanes) is 8. The van der Waals surface area contributed by atoms with Gasteiger partial charge in [-0.3, -0.25) is 0 Å². The third-order valence-electron chi connectivity index (χ3n) is 9.37. The van der Waals surface area contributed by atoms with Crippen LogP contribution in [0.2, 0.25) is 0 Å². The molecule has 0 fully saturated rings. The van der Waals surface area contributed by atoms with Crippen LogP contribution in [-0.2, 0) is 0 Å². The summed E-state index contributed by atoms with van der Waals surface area (Å²) in [5.41, 5.74) is -1.89. The molecule has 48 heavy (non-hydrogen) atoms. The zero-order valence-corrected chi connectivity index (χ0v) is 32.1. The lowest BCUT2D eigenvalue weighted by Gasteiger charge is -2.39. The molecule has 0 aliphatic carbocycles. The van der Waals surface area contributed by atoms with E-state index in [-0.39, 0.29) is 0 Å². The largest absolute Gasteiger partial charge is 0.889 e. The van der Waals surface area contributed by atoms with Crippen molar-refractivity contribution < 1.29 is 41.0 Å². The monoisotopic (exact) mass is 695 g/mol. The van der Waals surface area contributed by atoms with E-state index in [2.05, 4.69) is 55.4 Å². The van der Waals surface area contributed by atoms with Crippen molar-refractivity contribution >= 4 is 12.6 Å². The highest BCUT2D eigenvalue weighted by molar-refractivity contribution is 6.55. The normalized spacial score (nSPS) is 11.6. The predicted octanol–water partition coefficient (Wildman–Crippen LogP) is 8.81. The van der Waals surface area contributed by atoms with Gasteiger partial charge in [0.15, 0.2) is 29.1 Å². The van der Waals surface area contributed by atoms with Gasteiger partial charge in [0.2, 0.25) is 0 Å². The van der Waals surface area contributed by atoms with E-state index in [1.54, 1.807) is 0 Å². The van der Waals surface area contributed by atoms with Crippen LogP contribution in [0.4, 0.5) is 22.0 Å². The second-order valence-electron chi connectivity index (χ2n) is 13.6. The first-order chi connectivity index (χ1) is 22.9. The van der Waals surface area contributed by atoms with Crippen molar-refractivity contribution in [3.8, 4) is 0 Å². The fraction of sp³-hybridized carbons (Fsp3) is 0.842. The lowest BCUT2D eigenvalue weighted by Crippen LogP contribution is -2.58. The first-order valence-corrected chi connectivity index (χ1v) is 19.4. The van der Waals surface area contributed by atoms with E-state index in [9.17, 15) is 32.0 Å². The number of quaternary nitrogens is 2. The van der Waals surface area contributed by atoms with Gasteiger partial charge < -0.3 is 19.0 Å². The van der Waals surface area contributed by atoms with Crippen LogP contribution in [-0.4, -0.2) is 68.4 Å². The van der Waals surface area contributed by atoms with Crippen molar-refractivity contribution in [1.82, 2.24) is 0 Å². The third kappa shape index (κ3) is 19.2. The number of benzene rings is 1. The van der Waals surface area contributed by atoms with Crippen LogP contribution in [0.1, 0.15) is 158 Å². The van der Waals surface area contributed by atoms with Crippen LogP contribution in [0, 0.1) is 29.1 Å². The molecule has 0 aliphatic rings. The quantitative estimate of drug-likeness (QED) is 0.0338. The van der Waals surface area contributed by atoms with E-state index < -0.39 is 41.7 Å². The molecule has 0 aliphatic heterocycles. The molecule has 0 bridgehead atoms. The molecule has 1 aromatic rings. The average Bonchev–Trinajstić information content (AvgIpc) is 3.09. The average molecular weight is 695 g/mol. The molecule has 10 heteroatoms. The summed E-state index contributed by atoms with van der Waals surface area (Å²) in [6.07, 6.45) is 22.1. The van der Waals surface area contributed by atoms with Crippen LogP contribution < -0.4 is 15.5 Å². The summed E-state index contributed by atoms with van der Waals surface area (Å²) < 4.78 is 64.9. The molecule has 0 radical (unpaired) electrons. The first kappa shape index (κ1) is 48.9. The highest BCUT2D eigenvalue weighted by Crippen LogP contribution is 2.18. The topological polar surface area (TPSA) is 46.1 Å². The van der Waals surface area contributed by atoms with E-state index in [1.165, 1.54) is 164 Å². The fourth-order valence-electron chi connectivity index (χ4n) is 6.12. The van der Waals surface area contributed by atoms with Gasteiger partial charge >= 0.3 is 0 Å². The Balaban J connectivity index is 0. The Labute approximate surface area is 292 Å². The highest BCUT2D eigenvalue weighted by atomic mass is 19.2. The predicted molar refractivity (Wildman–Crippen MR) is 190 cm³/mol. The maximum Gasteiger partial charge on any atom is 0.200 e. The molecule has 0 spiro atoms. The molecule has 0 unspecified atom stereocenters. The Morgan fingerprint density at radius 1 is 0.354 bits per heavy atom. The molecule has 284 valence electrons. The van der Waals surface area contributed by atoms with Crippen LogP contribution >= 0.6 is 0 Å². The lowest BCUT2D eigenvalue weighted by molar-refractivity contribution is -0.929. The smallest absolute Gasteiger partial charge is 0.200 e. The molecular weight excluding hydrogens is 622 g/mol. The SMILES string of the molecule is CCCC[N+](CCCC)(CCCC)CCCC.CCCC[N+](CCCC)(CCCC)CCCC.[O-]B([O-])c1c(F)c(F)c(F)c(F)c1F. The van der Waals surface area contributed by atoms with Gasteiger partial charge in [0.05, 0.1) is 52.4 Å². The maximum absolute atomic E-state index is 12.5. The summed E-state index contributed by atoms with van der Waals surface area (Å²) in [5.74, 6) is -11.7. The lowest BCUT2D eigenvalue weighted by atomic mass is 9.79. The molecule has 1 rings (SSSR count). The summed E-state index contributed by atoms with van der Waals surface area (Å²) in [6.45, 7) is 30.0. The van der Waals surface area contributed by atoms with E-state index in [4.69, 9.17) is 0 Å². The van der Waals surface area contributed by atoms with Gasteiger partial charge in [-0.25, -0.2) is 22.0 Å². The Bertz CT molecular complexity index is 784. The minimum Gasteiger partial charge on any atom is -0.889 e. The van der Waals surface area contributed by atoms with Gasteiger partial charge in [0.1, 0.15) is 0 Å². The molecule has 0 N–H and O–H groups in total. The number of hydrogen-bond donors (Lipinski definition) is 0. The molecule has 0 saturated heterocycles. The first-order valence-electron chi connectivity index (χ1n) is 19.4. The van der Waals surface area contributed by atoms with Crippen LogP contribution in [0.25, 0.3) is 0 Å². The van der Waals surface area contributed by atoms with E-state index in [1.807, 2.05) is 0 Å². The molecule has 0 amide bonds. The van der Waals surface area contributed by atoms with E-state index in [0.29, 0.717) is 0 Å². The van der Waals surface area contributed by atoms with Gasteiger partial charge in [-0.05, 0) is 56.8 Å². The van der Waals surface area contributed by atoms with Gasteiger partial charge in [0, 0.05) is 0 Å². The second-order valence-corrected chi connectivity index (χ2v) is 13.6. The summed E-state index contributed by atoms with van der Waals surface area (Å²) in [7, 11) is -3.26. The molecule has 0 heterocycles. The Hall–Kier alpha value is -1.23. The molecule has 0 aromatic heterocycles. The minimum absolute atomic E-state index is 1.35. The van der Waals surface area contributed by atoms with Crippen molar-refractivity contribution in [1.29, 1.82) is 0 Å². The Morgan fingerprint density at radius 2 is 0.521 bits per heavy atom. The Morgan fingerprint density at radius 3 is 0.667 bits per heavy atom. The maximum atomic E-state index is 12.5. The minimum atomic E-state index is -3.26. The van der Waals surface area contributed by atoms with Gasteiger partial charge in [-0.2, -0.15) is 0 Å². The van der Waals surface area contributed by atoms with Crippen molar-refractivity contribution in [2.24, 2.45) is 0 Å². The number of nitrogens with zero attached hydrogens (tertiary/aromatic N) is 2. The van der Waals surface area contributed by atoms with Gasteiger partial charge in [-0.15, -0.1) is 0 Å². The summed E-state index contributed by atoms with van der Waals surface area (Å²) >= 11 is 0. The molecule has 4 nitrogen and oxygen atoms in total. The van der Waals surface area contributed by atoms with Gasteiger partial charge in [-0.1, -0.05) is 114 Å². The number of halogens is 5. The molecule has 0 saturated carbocycles. The summed E-state index contributed by atoms with van der Waals surface area (Å²) in [6, 6.07) is 0. The van der Waals surface area contributed by atoms with Crippen LogP contribution in [0.3, 0.4) is 0 Å². The van der Waals surface area contributed by atoms with Gasteiger partial charge in [0.25, 0.3) is 0 Å². The van der Waals surface area contributed by atoms with Crippen LogP contribution in [0.5, 0.6) is 0 Å². The highest BCUT2D eigenvalue weighted by Gasteiger charge is 2.26. The third-order valence-corrected chi connectivity index (χ3v) is 9.37.